The summed E-state index contributed by atoms with van der Waals surface area (Å²) in [6, 6.07) is 11.7. The molecule has 0 radical (unpaired) electrons. The van der Waals surface area contributed by atoms with Crippen molar-refractivity contribution in [2.45, 2.75) is 19.9 Å². The Morgan fingerprint density at radius 2 is 2.02 bits per heavy atom. The van der Waals surface area contributed by atoms with Crippen LogP contribution in [0.3, 0.4) is 0 Å². The van der Waals surface area contributed by atoms with Crippen LogP contribution < -0.4 is 24.4 Å². The van der Waals surface area contributed by atoms with Crippen molar-refractivity contribution in [3.63, 3.8) is 0 Å². The number of nitrogens with zero attached hydrogens (tertiary/aromatic N) is 3. The second-order valence-electron chi connectivity index (χ2n) is 9.04. The molecule has 0 saturated carbocycles. The van der Waals surface area contributed by atoms with Crippen molar-refractivity contribution in [1.29, 1.82) is 0 Å². The predicted octanol–water partition coefficient (Wildman–Crippen LogP) is 4.35. The molecule has 0 saturated heterocycles. The first-order chi connectivity index (χ1) is 19.7. The molecule has 0 spiro atoms. The number of hydrogen-bond donors (Lipinski definition) is 0. The number of hydrogen-bond acceptors (Lipinski definition) is 10. The van der Waals surface area contributed by atoms with Crippen LogP contribution in [0.25, 0.3) is 17.4 Å². The molecule has 13 heteroatoms. The lowest BCUT2D eigenvalue weighted by molar-refractivity contribution is -0.384. The third-order valence-corrected chi connectivity index (χ3v) is 7.87. The summed E-state index contributed by atoms with van der Waals surface area (Å²) in [7, 11) is 0. The zero-order valence-corrected chi connectivity index (χ0v) is 23.2. The second kappa shape index (κ2) is 10.4. The fourth-order valence-corrected chi connectivity index (χ4v) is 5.95. The van der Waals surface area contributed by atoms with Crippen molar-refractivity contribution in [3.8, 4) is 22.8 Å². The van der Waals surface area contributed by atoms with E-state index in [9.17, 15) is 19.7 Å². The molecule has 4 aromatic rings. The summed E-state index contributed by atoms with van der Waals surface area (Å²) >= 11 is 7.40. The number of esters is 1. The number of rotatable bonds is 6. The summed E-state index contributed by atoms with van der Waals surface area (Å²) in [5.74, 6) is 1.13. The minimum atomic E-state index is -0.821. The standard InChI is InChI=1S/C28H20ClN3O8S/c1-3-37-27(34)24-14(2)30-28-31(25(24)15-4-8-21-22(10-15)39-13-38-21)26(33)23(41-28)12-17-6-9-20(40-17)18-11-16(32(35)36)5-7-19(18)29/h4-12,25H,3,13H2,1-2H3/b23-12-. The molecular formula is C28H20ClN3O8S. The summed E-state index contributed by atoms with van der Waals surface area (Å²) in [4.78, 5) is 42.6. The number of ether oxygens (including phenoxy) is 3. The first-order valence-electron chi connectivity index (χ1n) is 12.4. The van der Waals surface area contributed by atoms with E-state index in [-0.39, 0.29) is 29.7 Å². The van der Waals surface area contributed by atoms with E-state index in [1.807, 2.05) is 0 Å². The molecular weight excluding hydrogens is 574 g/mol. The third kappa shape index (κ3) is 4.70. The summed E-state index contributed by atoms with van der Waals surface area (Å²) < 4.78 is 24.0. The Kier molecular flexibility index (Phi) is 6.72. The summed E-state index contributed by atoms with van der Waals surface area (Å²) in [5.41, 5.74) is 1.12. The summed E-state index contributed by atoms with van der Waals surface area (Å²) in [6.45, 7) is 3.64. The van der Waals surface area contributed by atoms with Gasteiger partial charge in [0.15, 0.2) is 16.3 Å². The van der Waals surface area contributed by atoms with Gasteiger partial charge >= 0.3 is 5.97 Å². The number of fused-ring (bicyclic) bond motifs is 2. The van der Waals surface area contributed by atoms with Crippen LogP contribution >= 0.6 is 22.9 Å². The number of carbonyl (C=O) groups is 1. The van der Waals surface area contributed by atoms with Crippen molar-refractivity contribution in [2.24, 2.45) is 4.99 Å². The lowest BCUT2D eigenvalue weighted by atomic mass is 9.95. The monoisotopic (exact) mass is 593 g/mol. The average molecular weight is 594 g/mol. The average Bonchev–Trinajstić information content (AvgIpc) is 3.67. The fourth-order valence-electron chi connectivity index (χ4n) is 4.71. The highest BCUT2D eigenvalue weighted by Crippen LogP contribution is 2.38. The summed E-state index contributed by atoms with van der Waals surface area (Å²) in [6.07, 6.45) is 1.55. The smallest absolute Gasteiger partial charge is 0.338 e. The number of non-ortho nitro benzene ring substituents is 1. The number of benzene rings is 2. The first kappa shape index (κ1) is 26.5. The maximum Gasteiger partial charge on any atom is 0.338 e. The van der Waals surface area contributed by atoms with Gasteiger partial charge in [0.1, 0.15) is 11.5 Å². The van der Waals surface area contributed by atoms with Crippen molar-refractivity contribution < 1.29 is 28.3 Å². The number of halogens is 1. The Labute approximate surface area is 240 Å². The van der Waals surface area contributed by atoms with Crippen molar-refractivity contribution in [2.75, 3.05) is 13.4 Å². The van der Waals surface area contributed by atoms with E-state index in [1.54, 1.807) is 50.3 Å². The van der Waals surface area contributed by atoms with Gasteiger partial charge in [-0.25, -0.2) is 9.79 Å². The second-order valence-corrected chi connectivity index (χ2v) is 10.5. The molecule has 2 aromatic heterocycles. The Hall–Kier alpha value is -4.68. The van der Waals surface area contributed by atoms with Crippen LogP contribution in [0.5, 0.6) is 11.5 Å². The van der Waals surface area contributed by atoms with Crippen LogP contribution in [0.15, 0.2) is 74.0 Å². The van der Waals surface area contributed by atoms with E-state index in [4.69, 9.17) is 30.2 Å². The highest BCUT2D eigenvalue weighted by atomic mass is 35.5. The van der Waals surface area contributed by atoms with Gasteiger partial charge in [-0.1, -0.05) is 29.0 Å². The molecule has 6 rings (SSSR count). The van der Waals surface area contributed by atoms with Crippen LogP contribution in [0.4, 0.5) is 5.69 Å². The molecule has 0 fully saturated rings. The number of thiazole rings is 1. The molecule has 1 atom stereocenters. The minimum Gasteiger partial charge on any atom is -0.463 e. The van der Waals surface area contributed by atoms with Crippen LogP contribution in [0, 0.1) is 10.1 Å². The van der Waals surface area contributed by atoms with Crippen molar-refractivity contribution in [3.05, 3.63) is 106 Å². The number of furan rings is 1. The van der Waals surface area contributed by atoms with Gasteiger partial charge in [-0.15, -0.1) is 0 Å². The van der Waals surface area contributed by atoms with E-state index >= 15 is 0 Å². The third-order valence-electron chi connectivity index (χ3n) is 6.56. The van der Waals surface area contributed by atoms with E-state index in [1.165, 1.54) is 22.8 Å². The van der Waals surface area contributed by atoms with Gasteiger partial charge in [0, 0.05) is 23.8 Å². The molecule has 2 aromatic carbocycles. The van der Waals surface area contributed by atoms with Gasteiger partial charge < -0.3 is 18.6 Å². The van der Waals surface area contributed by atoms with E-state index < -0.39 is 22.5 Å². The molecule has 0 amide bonds. The molecule has 0 aliphatic carbocycles. The van der Waals surface area contributed by atoms with Gasteiger partial charge in [-0.05, 0) is 49.7 Å². The first-order valence-corrected chi connectivity index (χ1v) is 13.6. The molecule has 11 nitrogen and oxygen atoms in total. The highest BCUT2D eigenvalue weighted by molar-refractivity contribution is 7.07. The van der Waals surface area contributed by atoms with E-state index in [2.05, 4.69) is 4.99 Å². The molecule has 0 bridgehead atoms. The normalized spacial score (nSPS) is 16.0. The van der Waals surface area contributed by atoms with Crippen LogP contribution in [0.2, 0.25) is 5.02 Å². The lowest BCUT2D eigenvalue weighted by Gasteiger charge is -2.24. The van der Waals surface area contributed by atoms with Gasteiger partial charge in [0.2, 0.25) is 6.79 Å². The Morgan fingerprint density at radius 1 is 1.22 bits per heavy atom. The maximum absolute atomic E-state index is 13.8. The lowest BCUT2D eigenvalue weighted by Crippen LogP contribution is -2.39. The Balaban J connectivity index is 1.47. The highest BCUT2D eigenvalue weighted by Gasteiger charge is 2.34. The molecule has 0 N–H and O–H groups in total. The number of nitro groups is 1. The molecule has 41 heavy (non-hydrogen) atoms. The van der Waals surface area contributed by atoms with Crippen LogP contribution in [0.1, 0.15) is 31.2 Å². The quantitative estimate of drug-likeness (QED) is 0.183. The largest absolute Gasteiger partial charge is 0.463 e. The number of nitro benzene ring substituents is 1. The predicted molar refractivity (Wildman–Crippen MR) is 149 cm³/mol. The summed E-state index contributed by atoms with van der Waals surface area (Å²) in [5, 5.41) is 11.5. The van der Waals surface area contributed by atoms with E-state index in [0.717, 1.165) is 11.3 Å². The molecule has 2 aliphatic rings. The van der Waals surface area contributed by atoms with Gasteiger partial charge in [-0.3, -0.25) is 19.5 Å². The maximum atomic E-state index is 13.8. The van der Waals surface area contributed by atoms with Gasteiger partial charge in [0.05, 0.1) is 38.4 Å². The molecule has 208 valence electrons. The molecule has 2 aliphatic heterocycles. The topological polar surface area (TPSA) is 135 Å². The number of aromatic nitrogens is 1. The zero-order chi connectivity index (χ0) is 28.8. The Morgan fingerprint density at radius 3 is 2.80 bits per heavy atom. The van der Waals surface area contributed by atoms with Crippen molar-refractivity contribution >= 4 is 40.7 Å². The van der Waals surface area contributed by atoms with Crippen LogP contribution in [-0.4, -0.2) is 28.9 Å². The Bertz CT molecular complexity index is 1950. The zero-order valence-electron chi connectivity index (χ0n) is 21.6. The molecule has 4 heterocycles. The number of allylic oxidation sites excluding steroid dienone is 1. The minimum absolute atomic E-state index is 0.0772. The van der Waals surface area contributed by atoms with Gasteiger partial charge in [-0.2, -0.15) is 0 Å². The van der Waals surface area contributed by atoms with Gasteiger partial charge in [0.25, 0.3) is 11.2 Å². The number of carbonyl (C=O) groups excluding carboxylic acids is 1. The van der Waals surface area contributed by atoms with Crippen molar-refractivity contribution in [1.82, 2.24) is 4.57 Å². The SMILES string of the molecule is CCOC(=O)C1=C(C)N=c2s/c(=C\c3ccc(-c4cc([N+](=O)[O-])ccc4Cl)o3)c(=O)n2C1c1ccc2c(c1)OCO2. The van der Waals surface area contributed by atoms with E-state index in [0.29, 0.717) is 49.2 Å². The molecule has 1 unspecified atom stereocenters. The fraction of sp³-hybridized carbons (Fsp3) is 0.179. The van der Waals surface area contributed by atoms with Crippen LogP contribution in [-0.2, 0) is 9.53 Å².